The highest BCUT2D eigenvalue weighted by Gasteiger charge is 2.21. The topological polar surface area (TPSA) is 45.8 Å². The molecule has 4 rings (SSSR count). The lowest BCUT2D eigenvalue weighted by Crippen LogP contribution is -2.12. The molecule has 0 aliphatic heterocycles. The van der Waals surface area contributed by atoms with Crippen LogP contribution in [0.15, 0.2) is 23.0 Å². The van der Waals surface area contributed by atoms with Gasteiger partial charge in [-0.3, -0.25) is 4.79 Å². The second-order valence-electron chi connectivity index (χ2n) is 5.46. The van der Waals surface area contributed by atoms with Gasteiger partial charge in [-0.25, -0.2) is 4.98 Å². The summed E-state index contributed by atoms with van der Waals surface area (Å²) in [7, 11) is 0. The average Bonchev–Trinajstić information content (AvgIpc) is 3.02. The molecule has 2 heterocycles. The number of hydrogen-bond donors (Lipinski definition) is 1. The minimum Gasteiger partial charge on any atom is -0.310 e. The van der Waals surface area contributed by atoms with E-state index in [2.05, 4.69) is 9.97 Å². The van der Waals surface area contributed by atoms with Crippen LogP contribution in [-0.2, 0) is 19.3 Å². The van der Waals surface area contributed by atoms with Crippen molar-refractivity contribution < 1.29 is 0 Å². The van der Waals surface area contributed by atoms with Gasteiger partial charge < -0.3 is 4.98 Å². The van der Waals surface area contributed by atoms with E-state index in [1.54, 1.807) is 23.5 Å². The van der Waals surface area contributed by atoms with Crippen LogP contribution in [0.25, 0.3) is 10.2 Å². The van der Waals surface area contributed by atoms with Crippen molar-refractivity contribution in [1.82, 2.24) is 9.97 Å². The summed E-state index contributed by atoms with van der Waals surface area (Å²) in [6.07, 6.45) is 3.68. The van der Waals surface area contributed by atoms with E-state index in [1.165, 1.54) is 10.4 Å². The zero-order chi connectivity index (χ0) is 15.3. The van der Waals surface area contributed by atoms with Gasteiger partial charge in [0.15, 0.2) is 0 Å². The summed E-state index contributed by atoms with van der Waals surface area (Å²) in [6.45, 7) is 0. The maximum absolute atomic E-state index is 12.4. The third-order valence-electron chi connectivity index (χ3n) is 4.00. The van der Waals surface area contributed by atoms with E-state index in [9.17, 15) is 4.79 Å². The summed E-state index contributed by atoms with van der Waals surface area (Å²) in [4.78, 5) is 22.1. The minimum atomic E-state index is -0.0375. The number of halogens is 2. The van der Waals surface area contributed by atoms with E-state index in [1.807, 2.05) is 6.07 Å². The van der Waals surface area contributed by atoms with E-state index < -0.39 is 0 Å². The third-order valence-corrected chi connectivity index (χ3v) is 5.77. The predicted molar refractivity (Wildman–Crippen MR) is 91.5 cm³/mol. The van der Waals surface area contributed by atoms with E-state index in [0.29, 0.717) is 22.3 Å². The van der Waals surface area contributed by atoms with Crippen molar-refractivity contribution in [2.75, 3.05) is 0 Å². The van der Waals surface area contributed by atoms with E-state index >= 15 is 0 Å². The number of aromatic nitrogens is 2. The van der Waals surface area contributed by atoms with Gasteiger partial charge >= 0.3 is 0 Å². The lowest BCUT2D eigenvalue weighted by Gasteiger charge is -2.05. The number of rotatable bonds is 2. The van der Waals surface area contributed by atoms with Crippen LogP contribution >= 0.6 is 34.5 Å². The first kappa shape index (κ1) is 14.2. The second-order valence-corrected chi connectivity index (χ2v) is 7.39. The lowest BCUT2D eigenvalue weighted by atomic mass is 10.1. The maximum atomic E-state index is 12.4. The molecule has 1 aliphatic rings. The van der Waals surface area contributed by atoms with Gasteiger partial charge in [-0.05, 0) is 42.5 Å². The quantitative estimate of drug-likeness (QED) is 0.745. The number of thiophene rings is 1. The fourth-order valence-corrected chi connectivity index (χ4v) is 4.73. The zero-order valence-electron chi connectivity index (χ0n) is 11.6. The highest BCUT2D eigenvalue weighted by molar-refractivity contribution is 7.18. The normalized spacial score (nSPS) is 13.7. The molecule has 3 nitrogen and oxygen atoms in total. The van der Waals surface area contributed by atoms with Crippen LogP contribution in [0.3, 0.4) is 0 Å². The summed E-state index contributed by atoms with van der Waals surface area (Å²) in [5.41, 5.74) is 2.06. The summed E-state index contributed by atoms with van der Waals surface area (Å²) >= 11 is 13.8. The van der Waals surface area contributed by atoms with Gasteiger partial charge in [-0.2, -0.15) is 0 Å². The smallest absolute Gasteiger partial charge is 0.259 e. The van der Waals surface area contributed by atoms with Crippen LogP contribution in [0.5, 0.6) is 0 Å². The molecule has 0 amide bonds. The summed E-state index contributed by atoms with van der Waals surface area (Å²) in [6, 6.07) is 5.36. The molecule has 2 aromatic heterocycles. The lowest BCUT2D eigenvalue weighted by molar-refractivity contribution is 0.914. The molecule has 112 valence electrons. The van der Waals surface area contributed by atoms with Crippen LogP contribution in [0.4, 0.5) is 0 Å². The molecule has 0 fully saturated rings. The molecule has 0 bridgehead atoms. The molecule has 1 aliphatic carbocycles. The molecular weight excluding hydrogens is 339 g/mol. The molecule has 0 saturated heterocycles. The molecule has 0 unspecified atom stereocenters. The Kier molecular flexibility index (Phi) is 3.48. The van der Waals surface area contributed by atoms with Crippen molar-refractivity contribution in [2.45, 2.75) is 25.7 Å². The molecule has 0 spiro atoms. The monoisotopic (exact) mass is 350 g/mol. The Labute approximate surface area is 140 Å². The van der Waals surface area contributed by atoms with E-state index in [-0.39, 0.29) is 5.56 Å². The van der Waals surface area contributed by atoms with Crippen molar-refractivity contribution in [3.05, 3.63) is 60.4 Å². The molecule has 3 aromatic rings. The van der Waals surface area contributed by atoms with Crippen molar-refractivity contribution in [2.24, 2.45) is 0 Å². The zero-order valence-corrected chi connectivity index (χ0v) is 13.9. The van der Waals surface area contributed by atoms with Crippen molar-refractivity contribution in [3.63, 3.8) is 0 Å². The molecule has 6 heteroatoms. The van der Waals surface area contributed by atoms with Crippen LogP contribution in [-0.4, -0.2) is 9.97 Å². The maximum Gasteiger partial charge on any atom is 0.259 e. The van der Waals surface area contributed by atoms with Crippen LogP contribution in [0.1, 0.15) is 28.2 Å². The first-order valence-corrected chi connectivity index (χ1v) is 8.66. The number of hydrogen-bond acceptors (Lipinski definition) is 3. The van der Waals surface area contributed by atoms with Gasteiger partial charge in [0, 0.05) is 21.3 Å². The molecule has 1 aromatic carbocycles. The number of fused-ring (bicyclic) bond motifs is 3. The molecule has 0 radical (unpaired) electrons. The highest BCUT2D eigenvalue weighted by atomic mass is 35.5. The Morgan fingerprint density at radius 2 is 2.14 bits per heavy atom. The summed E-state index contributed by atoms with van der Waals surface area (Å²) < 4.78 is 0. The van der Waals surface area contributed by atoms with E-state index in [4.69, 9.17) is 23.2 Å². The van der Waals surface area contributed by atoms with Crippen molar-refractivity contribution in [3.8, 4) is 0 Å². The Morgan fingerprint density at radius 3 is 2.95 bits per heavy atom. The van der Waals surface area contributed by atoms with Gasteiger partial charge in [0.2, 0.25) is 0 Å². The number of aromatic amines is 1. The van der Waals surface area contributed by atoms with Gasteiger partial charge in [0.25, 0.3) is 5.56 Å². The van der Waals surface area contributed by atoms with Gasteiger partial charge in [0.05, 0.1) is 5.39 Å². The first-order chi connectivity index (χ1) is 10.6. The number of aryl methyl sites for hydroxylation is 2. The number of benzene rings is 1. The predicted octanol–water partition coefficient (Wildman–Crippen LogP) is 4.37. The fraction of sp³-hybridized carbons (Fsp3) is 0.250. The molecule has 0 atom stereocenters. The van der Waals surface area contributed by atoms with Crippen molar-refractivity contribution >= 4 is 44.8 Å². The standard InChI is InChI=1S/C16H12Cl2N2OS/c17-9-5-4-8(11(18)7-9)6-13-19-15(21)14-10-2-1-3-12(10)22-16(14)20-13/h4-5,7H,1-3,6H2,(H,19,20,21). The van der Waals surface area contributed by atoms with Crippen LogP contribution in [0.2, 0.25) is 10.0 Å². The van der Waals surface area contributed by atoms with Crippen LogP contribution in [0, 0.1) is 0 Å². The third kappa shape index (κ3) is 2.35. The number of nitrogens with one attached hydrogen (secondary N) is 1. The van der Waals surface area contributed by atoms with Gasteiger partial charge in [-0.15, -0.1) is 11.3 Å². The molecule has 1 N–H and O–H groups in total. The van der Waals surface area contributed by atoms with Crippen molar-refractivity contribution in [1.29, 1.82) is 0 Å². The molecular formula is C16H12Cl2N2OS. The average molecular weight is 351 g/mol. The molecule has 0 saturated carbocycles. The summed E-state index contributed by atoms with van der Waals surface area (Å²) in [5.74, 6) is 0.640. The van der Waals surface area contributed by atoms with Crippen LogP contribution < -0.4 is 5.56 Å². The largest absolute Gasteiger partial charge is 0.310 e. The Hall–Kier alpha value is -1.36. The highest BCUT2D eigenvalue weighted by Crippen LogP contribution is 2.34. The first-order valence-electron chi connectivity index (χ1n) is 7.09. The second kappa shape index (κ2) is 5.37. The van der Waals surface area contributed by atoms with Gasteiger partial charge in [0.1, 0.15) is 10.7 Å². The summed E-state index contributed by atoms with van der Waals surface area (Å²) in [5, 5.41) is 1.97. The van der Waals surface area contributed by atoms with E-state index in [0.717, 1.165) is 35.0 Å². The van der Waals surface area contributed by atoms with Gasteiger partial charge in [-0.1, -0.05) is 29.3 Å². The number of H-pyrrole nitrogens is 1. The minimum absolute atomic E-state index is 0.0375. The SMILES string of the molecule is O=c1[nH]c(Cc2ccc(Cl)cc2Cl)nc2sc3c(c12)CCC3. The Morgan fingerprint density at radius 1 is 1.27 bits per heavy atom. The Balaban J connectivity index is 1.78. The Bertz CT molecular complexity index is 945. The number of nitrogens with zero attached hydrogens (tertiary/aromatic N) is 1. The fourth-order valence-electron chi connectivity index (χ4n) is 2.98. The molecule has 22 heavy (non-hydrogen) atoms.